The van der Waals surface area contributed by atoms with Crippen LogP contribution in [-0.4, -0.2) is 5.78 Å². The van der Waals surface area contributed by atoms with Gasteiger partial charge in [0.2, 0.25) is 0 Å². The third-order valence-corrected chi connectivity index (χ3v) is 4.71. The van der Waals surface area contributed by atoms with Gasteiger partial charge in [-0.2, -0.15) is 11.3 Å². The highest BCUT2D eigenvalue weighted by Crippen LogP contribution is 2.36. The molecule has 0 amide bonds. The molecule has 1 nitrogen and oxygen atoms in total. The van der Waals surface area contributed by atoms with Crippen LogP contribution in [0.4, 0.5) is 0 Å². The van der Waals surface area contributed by atoms with E-state index in [1.807, 2.05) is 29.8 Å². The number of thiophene rings is 1. The zero-order chi connectivity index (χ0) is 12.5. The SMILES string of the molecule is Cc1cscc1C(=O)c1ccc(C2CCC2)cc1. The average Bonchev–Trinajstić information content (AvgIpc) is 2.73. The van der Waals surface area contributed by atoms with E-state index in [9.17, 15) is 4.79 Å². The zero-order valence-corrected chi connectivity index (χ0v) is 11.3. The van der Waals surface area contributed by atoms with Gasteiger partial charge >= 0.3 is 0 Å². The Morgan fingerprint density at radius 2 is 1.89 bits per heavy atom. The highest BCUT2D eigenvalue weighted by atomic mass is 32.1. The first-order chi connectivity index (χ1) is 8.75. The smallest absolute Gasteiger partial charge is 0.194 e. The monoisotopic (exact) mass is 256 g/mol. The molecule has 0 atom stereocenters. The van der Waals surface area contributed by atoms with Gasteiger partial charge in [-0.05, 0) is 42.2 Å². The van der Waals surface area contributed by atoms with Gasteiger partial charge in [0.25, 0.3) is 0 Å². The summed E-state index contributed by atoms with van der Waals surface area (Å²) in [5.41, 5.74) is 4.11. The number of ketones is 1. The lowest BCUT2D eigenvalue weighted by Crippen LogP contribution is -2.09. The predicted molar refractivity (Wildman–Crippen MR) is 75.5 cm³/mol. The van der Waals surface area contributed by atoms with E-state index in [-0.39, 0.29) is 5.78 Å². The van der Waals surface area contributed by atoms with Crippen molar-refractivity contribution >= 4 is 17.1 Å². The summed E-state index contributed by atoms with van der Waals surface area (Å²) in [6.07, 6.45) is 3.95. The second kappa shape index (κ2) is 4.69. The third-order valence-electron chi connectivity index (χ3n) is 3.85. The Labute approximate surface area is 111 Å². The molecule has 0 radical (unpaired) electrons. The van der Waals surface area contributed by atoms with Gasteiger partial charge in [-0.15, -0.1) is 0 Å². The minimum absolute atomic E-state index is 0.147. The Kier molecular flexibility index (Phi) is 3.04. The van der Waals surface area contributed by atoms with Crippen LogP contribution in [0.15, 0.2) is 35.0 Å². The number of hydrogen-bond donors (Lipinski definition) is 0. The second-order valence-electron chi connectivity index (χ2n) is 5.05. The molecule has 0 saturated heterocycles. The van der Waals surface area contributed by atoms with Gasteiger partial charge in [0.1, 0.15) is 0 Å². The van der Waals surface area contributed by atoms with Gasteiger partial charge in [0.15, 0.2) is 5.78 Å². The average molecular weight is 256 g/mol. The summed E-state index contributed by atoms with van der Waals surface area (Å²) in [6, 6.07) is 8.21. The van der Waals surface area contributed by atoms with Gasteiger partial charge in [0, 0.05) is 16.5 Å². The lowest BCUT2D eigenvalue weighted by atomic mass is 9.80. The maximum absolute atomic E-state index is 12.3. The third kappa shape index (κ3) is 2.01. The molecule has 1 saturated carbocycles. The van der Waals surface area contributed by atoms with Gasteiger partial charge < -0.3 is 0 Å². The molecule has 0 unspecified atom stereocenters. The fourth-order valence-corrected chi connectivity index (χ4v) is 3.23. The van der Waals surface area contributed by atoms with E-state index in [0.717, 1.165) is 22.6 Å². The van der Waals surface area contributed by atoms with Crippen LogP contribution in [0.3, 0.4) is 0 Å². The molecule has 1 aromatic heterocycles. The van der Waals surface area contributed by atoms with Gasteiger partial charge in [-0.25, -0.2) is 0 Å². The van der Waals surface area contributed by atoms with E-state index in [1.54, 1.807) is 11.3 Å². The van der Waals surface area contributed by atoms with E-state index in [1.165, 1.54) is 24.8 Å². The van der Waals surface area contributed by atoms with E-state index < -0.39 is 0 Å². The summed E-state index contributed by atoms with van der Waals surface area (Å²) < 4.78 is 0. The molecular weight excluding hydrogens is 240 g/mol. The maximum Gasteiger partial charge on any atom is 0.194 e. The van der Waals surface area contributed by atoms with Crippen LogP contribution in [0.25, 0.3) is 0 Å². The minimum atomic E-state index is 0.147. The maximum atomic E-state index is 12.3. The lowest BCUT2D eigenvalue weighted by molar-refractivity contribution is 0.103. The number of rotatable bonds is 3. The summed E-state index contributed by atoms with van der Waals surface area (Å²) in [5.74, 6) is 0.881. The molecule has 0 aliphatic heterocycles. The molecule has 2 heteroatoms. The van der Waals surface area contributed by atoms with Crippen molar-refractivity contribution in [1.29, 1.82) is 0 Å². The molecule has 1 aliphatic carbocycles. The van der Waals surface area contributed by atoms with Crippen LogP contribution in [0.5, 0.6) is 0 Å². The fraction of sp³-hybridized carbons (Fsp3) is 0.312. The fourth-order valence-electron chi connectivity index (χ4n) is 2.40. The van der Waals surface area contributed by atoms with Crippen molar-refractivity contribution in [3.63, 3.8) is 0 Å². The molecule has 1 fully saturated rings. The molecular formula is C16H16OS. The number of carbonyl (C=O) groups is 1. The molecule has 1 aliphatic rings. The van der Waals surface area contributed by atoms with Gasteiger partial charge in [-0.1, -0.05) is 30.7 Å². The first-order valence-electron chi connectivity index (χ1n) is 6.43. The molecule has 0 spiro atoms. The lowest BCUT2D eigenvalue weighted by Gasteiger charge is -2.25. The van der Waals surface area contributed by atoms with E-state index in [2.05, 4.69) is 12.1 Å². The van der Waals surface area contributed by atoms with Crippen LogP contribution in [0, 0.1) is 6.92 Å². The van der Waals surface area contributed by atoms with E-state index >= 15 is 0 Å². The van der Waals surface area contributed by atoms with E-state index in [4.69, 9.17) is 0 Å². The molecule has 2 aromatic rings. The quantitative estimate of drug-likeness (QED) is 0.736. The topological polar surface area (TPSA) is 17.1 Å². The number of hydrogen-bond acceptors (Lipinski definition) is 2. The molecule has 1 heterocycles. The Bertz CT molecular complexity index is 561. The Morgan fingerprint density at radius 1 is 1.17 bits per heavy atom. The van der Waals surface area contributed by atoms with Crippen LogP contribution >= 0.6 is 11.3 Å². The zero-order valence-electron chi connectivity index (χ0n) is 10.5. The number of aryl methyl sites for hydroxylation is 1. The molecule has 0 bridgehead atoms. The molecule has 1 aromatic carbocycles. The summed E-state index contributed by atoms with van der Waals surface area (Å²) in [4.78, 5) is 12.3. The first-order valence-corrected chi connectivity index (χ1v) is 7.37. The summed E-state index contributed by atoms with van der Waals surface area (Å²) in [7, 11) is 0. The normalized spacial score (nSPS) is 15.4. The summed E-state index contributed by atoms with van der Waals surface area (Å²) >= 11 is 1.59. The van der Waals surface area contributed by atoms with Crippen molar-refractivity contribution in [2.75, 3.05) is 0 Å². The first kappa shape index (κ1) is 11.7. The van der Waals surface area contributed by atoms with Crippen molar-refractivity contribution in [2.24, 2.45) is 0 Å². The molecule has 0 N–H and O–H groups in total. The van der Waals surface area contributed by atoms with Crippen LogP contribution in [0.2, 0.25) is 0 Å². The van der Waals surface area contributed by atoms with Crippen molar-refractivity contribution < 1.29 is 4.79 Å². The van der Waals surface area contributed by atoms with Crippen LogP contribution in [0.1, 0.15) is 52.2 Å². The standard InChI is InChI=1S/C16H16OS/c1-11-9-18-10-15(11)16(17)14-7-5-13(6-8-14)12-3-2-4-12/h5-10,12H,2-4H2,1H3. The number of carbonyl (C=O) groups excluding carboxylic acids is 1. The highest BCUT2D eigenvalue weighted by molar-refractivity contribution is 7.08. The van der Waals surface area contributed by atoms with Crippen LogP contribution in [-0.2, 0) is 0 Å². The van der Waals surface area contributed by atoms with Crippen molar-refractivity contribution in [2.45, 2.75) is 32.1 Å². The Hall–Kier alpha value is -1.41. The number of benzene rings is 1. The predicted octanol–water partition coefficient (Wildman–Crippen LogP) is 4.56. The summed E-state index contributed by atoms with van der Waals surface area (Å²) in [6.45, 7) is 1.99. The Balaban J connectivity index is 1.84. The molecule has 3 rings (SSSR count). The minimum Gasteiger partial charge on any atom is -0.289 e. The van der Waals surface area contributed by atoms with Crippen molar-refractivity contribution in [1.82, 2.24) is 0 Å². The van der Waals surface area contributed by atoms with Gasteiger partial charge in [0.05, 0.1) is 0 Å². The summed E-state index contributed by atoms with van der Waals surface area (Å²) in [5, 5.41) is 3.97. The Morgan fingerprint density at radius 3 is 2.39 bits per heavy atom. The van der Waals surface area contributed by atoms with Gasteiger partial charge in [-0.3, -0.25) is 4.79 Å². The molecule has 18 heavy (non-hydrogen) atoms. The largest absolute Gasteiger partial charge is 0.289 e. The molecule has 92 valence electrons. The van der Waals surface area contributed by atoms with Crippen LogP contribution < -0.4 is 0 Å². The van der Waals surface area contributed by atoms with Crippen molar-refractivity contribution in [3.05, 3.63) is 57.3 Å². The van der Waals surface area contributed by atoms with Crippen molar-refractivity contribution in [3.8, 4) is 0 Å². The second-order valence-corrected chi connectivity index (χ2v) is 5.79. The highest BCUT2D eigenvalue weighted by Gasteiger charge is 2.20. The van der Waals surface area contributed by atoms with E-state index in [0.29, 0.717) is 0 Å².